The summed E-state index contributed by atoms with van der Waals surface area (Å²) in [5.74, 6) is 5.91. The van der Waals surface area contributed by atoms with Gasteiger partial charge in [0.25, 0.3) is 5.56 Å². The third-order valence-electron chi connectivity index (χ3n) is 4.09. The Morgan fingerprint density at radius 2 is 1.78 bits per heavy atom. The molecule has 0 unspecified atom stereocenters. The van der Waals surface area contributed by atoms with Crippen LogP contribution < -0.4 is 22.5 Å². The molecule has 0 bridgehead atoms. The van der Waals surface area contributed by atoms with Crippen molar-refractivity contribution >= 4 is 17.1 Å². The number of hydrogen-bond donors (Lipinski definition) is 2. The molecule has 0 saturated heterocycles. The van der Waals surface area contributed by atoms with E-state index in [0.29, 0.717) is 17.1 Å². The summed E-state index contributed by atoms with van der Waals surface area (Å²) in [6.45, 7) is 1.95. The first-order valence-electron chi connectivity index (χ1n) is 7.17. The van der Waals surface area contributed by atoms with Gasteiger partial charge in [0.1, 0.15) is 0 Å². The van der Waals surface area contributed by atoms with Crippen LogP contribution in [0.2, 0.25) is 0 Å². The number of anilines is 1. The molecule has 8 heteroatoms. The van der Waals surface area contributed by atoms with E-state index in [0.717, 1.165) is 10.1 Å². The summed E-state index contributed by atoms with van der Waals surface area (Å²) in [6, 6.07) is 9.51. The van der Waals surface area contributed by atoms with Crippen LogP contribution in [0, 0.1) is 0 Å². The first-order chi connectivity index (χ1) is 11.0. The van der Waals surface area contributed by atoms with Gasteiger partial charge in [0.05, 0.1) is 6.04 Å². The molecule has 2 aromatic heterocycles. The second-order valence-electron chi connectivity index (χ2n) is 5.41. The molecule has 1 aromatic carbocycles. The second-order valence-corrected chi connectivity index (χ2v) is 5.41. The number of rotatable bonds is 3. The highest BCUT2D eigenvalue weighted by atomic mass is 16.2. The van der Waals surface area contributed by atoms with E-state index < -0.39 is 11.2 Å². The molecule has 3 aromatic rings. The molecule has 3 rings (SSSR count). The number of benzene rings is 1. The summed E-state index contributed by atoms with van der Waals surface area (Å²) in [7, 11) is 3.03. The lowest BCUT2D eigenvalue weighted by molar-refractivity contribution is 0.650. The van der Waals surface area contributed by atoms with Gasteiger partial charge in [-0.2, -0.15) is 4.98 Å². The van der Waals surface area contributed by atoms with E-state index in [1.54, 1.807) is 11.6 Å². The summed E-state index contributed by atoms with van der Waals surface area (Å²) in [6.07, 6.45) is 0. The Kier molecular flexibility index (Phi) is 3.53. The van der Waals surface area contributed by atoms with Gasteiger partial charge in [-0.25, -0.2) is 10.6 Å². The van der Waals surface area contributed by atoms with Crippen molar-refractivity contribution in [3.8, 4) is 0 Å². The van der Waals surface area contributed by atoms with Gasteiger partial charge >= 0.3 is 5.69 Å². The molecule has 0 radical (unpaired) electrons. The SMILES string of the molecule is C[C@@H](c1ccccc1)n1c(NN)nc2c1c(=O)n(C)c(=O)n2C. The molecule has 0 aliphatic carbocycles. The molecule has 0 spiro atoms. The molecular formula is C15H18N6O2. The van der Waals surface area contributed by atoms with Crippen molar-refractivity contribution in [2.24, 2.45) is 19.9 Å². The highest BCUT2D eigenvalue weighted by molar-refractivity contribution is 5.74. The van der Waals surface area contributed by atoms with Crippen molar-refractivity contribution in [2.75, 3.05) is 5.43 Å². The number of aromatic nitrogens is 4. The molecule has 120 valence electrons. The zero-order valence-electron chi connectivity index (χ0n) is 13.1. The lowest BCUT2D eigenvalue weighted by Gasteiger charge is -2.17. The van der Waals surface area contributed by atoms with Gasteiger partial charge in [-0.15, -0.1) is 0 Å². The van der Waals surface area contributed by atoms with Crippen molar-refractivity contribution in [1.82, 2.24) is 18.7 Å². The third kappa shape index (κ3) is 2.15. The topological polar surface area (TPSA) is 99.9 Å². The van der Waals surface area contributed by atoms with Gasteiger partial charge in [-0.1, -0.05) is 30.3 Å². The van der Waals surface area contributed by atoms with Gasteiger partial charge in [-0.05, 0) is 12.5 Å². The average Bonchev–Trinajstić information content (AvgIpc) is 2.98. The fourth-order valence-electron chi connectivity index (χ4n) is 2.77. The minimum absolute atomic E-state index is 0.183. The number of imidazole rings is 1. The Balaban J connectivity index is 2.41. The van der Waals surface area contributed by atoms with Gasteiger partial charge in [0.15, 0.2) is 11.2 Å². The van der Waals surface area contributed by atoms with Crippen LogP contribution in [0.5, 0.6) is 0 Å². The Hall–Kier alpha value is -2.87. The van der Waals surface area contributed by atoms with Gasteiger partial charge in [0.2, 0.25) is 5.95 Å². The van der Waals surface area contributed by atoms with Crippen LogP contribution in [0.1, 0.15) is 18.5 Å². The van der Waals surface area contributed by atoms with E-state index in [1.165, 1.54) is 11.6 Å². The molecule has 0 saturated carbocycles. The molecule has 23 heavy (non-hydrogen) atoms. The van der Waals surface area contributed by atoms with Crippen molar-refractivity contribution in [3.05, 3.63) is 56.7 Å². The monoisotopic (exact) mass is 314 g/mol. The maximum absolute atomic E-state index is 12.6. The standard InChI is InChI=1S/C15H18N6O2/c1-9(10-7-5-4-6-8-10)21-11-12(17-14(21)18-16)19(2)15(23)20(3)13(11)22/h4-9H,16H2,1-3H3,(H,17,18)/t9-/m0/s1. The lowest BCUT2D eigenvalue weighted by Crippen LogP contribution is -2.37. The summed E-state index contributed by atoms with van der Waals surface area (Å²) >= 11 is 0. The first-order valence-corrected chi connectivity index (χ1v) is 7.17. The maximum Gasteiger partial charge on any atom is 0.332 e. The minimum Gasteiger partial charge on any atom is -0.296 e. The first kappa shape index (κ1) is 15.0. The summed E-state index contributed by atoms with van der Waals surface area (Å²) in [4.78, 5) is 29.0. The van der Waals surface area contributed by atoms with Gasteiger partial charge in [-0.3, -0.25) is 23.9 Å². The number of nitrogens with one attached hydrogen (secondary N) is 1. The molecule has 0 aliphatic rings. The summed E-state index contributed by atoms with van der Waals surface area (Å²) in [5, 5.41) is 0. The quantitative estimate of drug-likeness (QED) is 0.536. The highest BCUT2D eigenvalue weighted by Gasteiger charge is 2.22. The number of aryl methyl sites for hydroxylation is 1. The Labute approximate surface area is 131 Å². The van der Waals surface area contributed by atoms with Crippen LogP contribution in [-0.2, 0) is 14.1 Å². The zero-order chi connectivity index (χ0) is 16.7. The molecule has 0 amide bonds. The Morgan fingerprint density at radius 1 is 1.13 bits per heavy atom. The smallest absolute Gasteiger partial charge is 0.296 e. The molecule has 1 atom stereocenters. The van der Waals surface area contributed by atoms with E-state index in [9.17, 15) is 9.59 Å². The number of fused-ring (bicyclic) bond motifs is 1. The average molecular weight is 314 g/mol. The molecule has 8 nitrogen and oxygen atoms in total. The molecule has 2 heterocycles. The van der Waals surface area contributed by atoms with Crippen molar-refractivity contribution in [1.29, 1.82) is 0 Å². The normalized spacial score (nSPS) is 12.5. The van der Waals surface area contributed by atoms with Crippen LogP contribution in [0.4, 0.5) is 5.95 Å². The van der Waals surface area contributed by atoms with Crippen LogP contribution in [-0.4, -0.2) is 18.7 Å². The van der Waals surface area contributed by atoms with Crippen LogP contribution >= 0.6 is 0 Å². The van der Waals surface area contributed by atoms with E-state index in [2.05, 4.69) is 10.4 Å². The van der Waals surface area contributed by atoms with Crippen molar-refractivity contribution < 1.29 is 0 Å². The third-order valence-corrected chi connectivity index (χ3v) is 4.09. The van der Waals surface area contributed by atoms with Crippen LogP contribution in [0.15, 0.2) is 39.9 Å². The number of nitrogens with two attached hydrogens (primary N) is 1. The zero-order valence-corrected chi connectivity index (χ0v) is 13.1. The minimum atomic E-state index is -0.428. The van der Waals surface area contributed by atoms with E-state index in [4.69, 9.17) is 5.84 Å². The van der Waals surface area contributed by atoms with E-state index in [1.807, 2.05) is 37.3 Å². The number of nitrogen functional groups attached to an aromatic ring is 1. The lowest BCUT2D eigenvalue weighted by atomic mass is 10.1. The van der Waals surface area contributed by atoms with Gasteiger partial charge < -0.3 is 0 Å². The largest absolute Gasteiger partial charge is 0.332 e. The number of hydrogen-bond acceptors (Lipinski definition) is 5. The van der Waals surface area contributed by atoms with Crippen molar-refractivity contribution in [2.45, 2.75) is 13.0 Å². The second kappa shape index (κ2) is 5.40. The number of hydrazine groups is 1. The summed E-state index contributed by atoms with van der Waals surface area (Å²) in [5.41, 5.74) is 3.32. The molecule has 0 fully saturated rings. The molecule has 3 N–H and O–H groups in total. The molecule has 0 aliphatic heterocycles. The Bertz CT molecular complexity index is 983. The predicted octanol–water partition coefficient (Wildman–Crippen LogP) is 0.329. The predicted molar refractivity (Wildman–Crippen MR) is 88.3 cm³/mol. The van der Waals surface area contributed by atoms with Crippen LogP contribution in [0.25, 0.3) is 11.2 Å². The highest BCUT2D eigenvalue weighted by Crippen LogP contribution is 2.25. The van der Waals surface area contributed by atoms with Crippen LogP contribution in [0.3, 0.4) is 0 Å². The number of nitrogens with zero attached hydrogens (tertiary/aromatic N) is 4. The van der Waals surface area contributed by atoms with Gasteiger partial charge in [0, 0.05) is 14.1 Å². The van der Waals surface area contributed by atoms with E-state index >= 15 is 0 Å². The molecular weight excluding hydrogens is 296 g/mol. The fourth-order valence-corrected chi connectivity index (χ4v) is 2.77. The Morgan fingerprint density at radius 3 is 2.39 bits per heavy atom. The maximum atomic E-state index is 12.6. The van der Waals surface area contributed by atoms with Crippen molar-refractivity contribution in [3.63, 3.8) is 0 Å². The van der Waals surface area contributed by atoms with E-state index in [-0.39, 0.29) is 6.04 Å². The fraction of sp³-hybridized carbons (Fsp3) is 0.267. The summed E-state index contributed by atoms with van der Waals surface area (Å²) < 4.78 is 4.12.